The van der Waals surface area contributed by atoms with Crippen molar-refractivity contribution in [1.82, 2.24) is 0 Å². The Bertz CT molecular complexity index is 1020. The van der Waals surface area contributed by atoms with Crippen LogP contribution in [-0.2, 0) is 4.79 Å². The second kappa shape index (κ2) is 7.59. The average molecular weight is 409 g/mol. The summed E-state index contributed by atoms with van der Waals surface area (Å²) in [6, 6.07) is 18.4. The van der Waals surface area contributed by atoms with Gasteiger partial charge in [0.05, 0.1) is 0 Å². The summed E-state index contributed by atoms with van der Waals surface area (Å²) in [4.78, 5) is 14.6. The first-order chi connectivity index (χ1) is 13.0. The molecule has 4 heteroatoms. The van der Waals surface area contributed by atoms with E-state index in [-0.39, 0.29) is 5.78 Å². The molecule has 1 nitrogen and oxygen atoms in total. The second-order valence-electron chi connectivity index (χ2n) is 6.51. The predicted molar refractivity (Wildman–Crippen MR) is 119 cm³/mol. The highest BCUT2D eigenvalue weighted by molar-refractivity contribution is 8.82. The van der Waals surface area contributed by atoms with Crippen molar-refractivity contribution < 1.29 is 4.79 Å². The lowest BCUT2D eigenvalue weighted by molar-refractivity contribution is -0.112. The van der Waals surface area contributed by atoms with Gasteiger partial charge in [0.1, 0.15) is 0 Å². The molecule has 0 aromatic heterocycles. The van der Waals surface area contributed by atoms with Gasteiger partial charge >= 0.3 is 0 Å². The normalized spacial score (nSPS) is 17.4. The molecule has 0 unspecified atom stereocenters. The molecule has 0 saturated heterocycles. The van der Waals surface area contributed by atoms with E-state index in [4.69, 9.17) is 11.6 Å². The maximum Gasteiger partial charge on any atom is 0.184 e. The van der Waals surface area contributed by atoms with E-state index in [2.05, 4.69) is 36.4 Å². The zero-order valence-electron chi connectivity index (χ0n) is 15.0. The lowest BCUT2D eigenvalue weighted by Gasteiger charge is -2.14. The maximum absolute atomic E-state index is 12.2. The maximum atomic E-state index is 12.2. The Kier molecular flexibility index (Phi) is 5.18. The molecule has 0 atom stereocenters. The lowest BCUT2D eigenvalue weighted by atomic mass is 9.92. The third-order valence-electron chi connectivity index (χ3n) is 4.55. The Morgan fingerprint density at radius 1 is 0.741 bits per heavy atom. The van der Waals surface area contributed by atoms with E-state index in [0.29, 0.717) is 0 Å². The molecule has 1 aliphatic carbocycles. The van der Waals surface area contributed by atoms with Crippen molar-refractivity contribution in [2.45, 2.75) is 13.8 Å². The average Bonchev–Trinajstić information content (AvgIpc) is 3.12. The zero-order chi connectivity index (χ0) is 19.0. The van der Waals surface area contributed by atoms with Gasteiger partial charge in [-0.3, -0.25) is 4.79 Å². The van der Waals surface area contributed by atoms with Gasteiger partial charge in [0.15, 0.2) is 5.78 Å². The van der Waals surface area contributed by atoms with Crippen LogP contribution in [0.4, 0.5) is 0 Å². The number of carbonyl (C=O) groups is 1. The van der Waals surface area contributed by atoms with Gasteiger partial charge in [-0.25, -0.2) is 0 Å². The Labute approximate surface area is 172 Å². The van der Waals surface area contributed by atoms with Crippen molar-refractivity contribution in [3.05, 3.63) is 105 Å². The lowest BCUT2D eigenvalue weighted by Crippen LogP contribution is -2.06. The molecule has 1 heterocycles. The minimum Gasteiger partial charge on any atom is -0.289 e. The standard InChI is InChI=1S/C23H17ClOS2/c1-14-12-18(13-15(2)21(14)25)23-20(16-6-4-3-5-7-16)22(26-27-23)17-8-10-19(24)11-9-17/h3-13H,1-2H3. The van der Waals surface area contributed by atoms with Gasteiger partial charge in [-0.1, -0.05) is 75.7 Å². The van der Waals surface area contributed by atoms with Crippen LogP contribution in [0.15, 0.2) is 88.4 Å². The van der Waals surface area contributed by atoms with Crippen molar-refractivity contribution in [1.29, 1.82) is 0 Å². The molecular weight excluding hydrogens is 392 g/mol. The summed E-state index contributed by atoms with van der Waals surface area (Å²) >= 11 is 6.08. The third-order valence-corrected chi connectivity index (χ3v) is 7.35. The summed E-state index contributed by atoms with van der Waals surface area (Å²) in [6.45, 7) is 3.77. The van der Waals surface area contributed by atoms with Crippen molar-refractivity contribution in [3.8, 4) is 0 Å². The molecule has 2 aromatic rings. The van der Waals surface area contributed by atoms with E-state index in [1.807, 2.05) is 44.2 Å². The van der Waals surface area contributed by atoms with Crippen LogP contribution in [0.1, 0.15) is 25.0 Å². The minimum absolute atomic E-state index is 0.123. The van der Waals surface area contributed by atoms with Gasteiger partial charge in [-0.05, 0) is 66.0 Å². The third kappa shape index (κ3) is 3.60. The van der Waals surface area contributed by atoms with Gasteiger partial charge in [-0.15, -0.1) is 0 Å². The van der Waals surface area contributed by atoms with Crippen molar-refractivity contribution in [2.75, 3.05) is 0 Å². The highest BCUT2D eigenvalue weighted by atomic mass is 35.5. The molecule has 134 valence electrons. The van der Waals surface area contributed by atoms with Gasteiger partial charge in [-0.2, -0.15) is 0 Å². The van der Waals surface area contributed by atoms with Crippen molar-refractivity contribution in [3.63, 3.8) is 0 Å². The number of halogens is 1. The predicted octanol–water partition coefficient (Wildman–Crippen LogP) is 7.33. The number of benzene rings is 2. The fourth-order valence-electron chi connectivity index (χ4n) is 3.20. The summed E-state index contributed by atoms with van der Waals surface area (Å²) in [5.41, 5.74) is 6.22. The van der Waals surface area contributed by atoms with Crippen LogP contribution < -0.4 is 0 Å². The highest BCUT2D eigenvalue weighted by Gasteiger charge is 2.27. The van der Waals surface area contributed by atoms with Gasteiger partial charge < -0.3 is 0 Å². The first-order valence-corrected chi connectivity index (χ1v) is 11.1. The molecule has 0 N–H and O–H groups in total. The SMILES string of the molecule is CC1=CC(=C2SSC(c3ccc(Cl)cc3)=C2c2ccccc2)C=C(C)C1=O. The van der Waals surface area contributed by atoms with Crippen LogP contribution in [0, 0.1) is 0 Å². The summed E-state index contributed by atoms with van der Waals surface area (Å²) < 4.78 is 0. The van der Waals surface area contributed by atoms with E-state index in [1.54, 1.807) is 21.6 Å². The monoisotopic (exact) mass is 408 g/mol. The number of rotatable bonds is 2. The molecule has 0 amide bonds. The van der Waals surface area contributed by atoms with Crippen LogP contribution in [0.2, 0.25) is 5.02 Å². The number of allylic oxidation sites excluding steroid dienone is 6. The number of hydrogen-bond donors (Lipinski definition) is 0. The van der Waals surface area contributed by atoms with Crippen LogP contribution in [0.5, 0.6) is 0 Å². The summed E-state index contributed by atoms with van der Waals surface area (Å²) in [6.07, 6.45) is 4.01. The molecule has 1 aliphatic heterocycles. The molecule has 4 rings (SSSR count). The second-order valence-corrected chi connectivity index (χ2v) is 9.10. The van der Waals surface area contributed by atoms with Crippen molar-refractivity contribution in [2.24, 2.45) is 0 Å². The van der Waals surface area contributed by atoms with Crippen LogP contribution >= 0.6 is 33.2 Å². The van der Waals surface area contributed by atoms with Crippen LogP contribution in [-0.4, -0.2) is 5.78 Å². The smallest absolute Gasteiger partial charge is 0.184 e. The molecule has 0 spiro atoms. The van der Waals surface area contributed by atoms with E-state index in [9.17, 15) is 4.79 Å². The van der Waals surface area contributed by atoms with E-state index >= 15 is 0 Å². The van der Waals surface area contributed by atoms with Crippen LogP contribution in [0.3, 0.4) is 0 Å². The molecule has 0 radical (unpaired) electrons. The number of hydrogen-bond acceptors (Lipinski definition) is 3. The molecule has 0 saturated carbocycles. The Balaban J connectivity index is 1.95. The summed E-state index contributed by atoms with van der Waals surface area (Å²) in [5, 5.41) is 0.734. The largest absolute Gasteiger partial charge is 0.289 e. The molecule has 2 aromatic carbocycles. The molecule has 2 aliphatic rings. The quantitative estimate of drug-likeness (QED) is 0.484. The number of carbonyl (C=O) groups excluding carboxylic acids is 1. The Hall–Kier alpha value is -1.94. The molecular formula is C23H17ClOS2. The number of Topliss-reactive ketones (excluding diaryl/α,β-unsaturated/α-hetero) is 1. The molecule has 27 heavy (non-hydrogen) atoms. The molecule has 0 bridgehead atoms. The minimum atomic E-state index is 0.123. The van der Waals surface area contributed by atoms with E-state index < -0.39 is 0 Å². The molecule has 0 fully saturated rings. The first kappa shape index (κ1) is 18.4. The van der Waals surface area contributed by atoms with E-state index in [0.717, 1.165) is 27.3 Å². The van der Waals surface area contributed by atoms with E-state index in [1.165, 1.54) is 20.9 Å². The Morgan fingerprint density at radius 2 is 1.33 bits per heavy atom. The zero-order valence-corrected chi connectivity index (χ0v) is 17.3. The van der Waals surface area contributed by atoms with Gasteiger partial charge in [0, 0.05) is 20.4 Å². The number of ketones is 1. The van der Waals surface area contributed by atoms with Gasteiger partial charge in [0.25, 0.3) is 0 Å². The topological polar surface area (TPSA) is 17.1 Å². The highest BCUT2D eigenvalue weighted by Crippen LogP contribution is 2.59. The first-order valence-electron chi connectivity index (χ1n) is 8.60. The fourth-order valence-corrected chi connectivity index (χ4v) is 6.19. The fraction of sp³-hybridized carbons (Fsp3) is 0.0870. The summed E-state index contributed by atoms with van der Waals surface area (Å²) in [7, 11) is 3.51. The van der Waals surface area contributed by atoms with Crippen LogP contribution in [0.25, 0.3) is 10.5 Å². The Morgan fingerprint density at radius 3 is 1.96 bits per heavy atom. The van der Waals surface area contributed by atoms with Crippen molar-refractivity contribution >= 4 is 49.5 Å². The summed E-state index contributed by atoms with van der Waals surface area (Å²) in [5.74, 6) is 0.123. The van der Waals surface area contributed by atoms with Gasteiger partial charge in [0.2, 0.25) is 0 Å².